The van der Waals surface area contributed by atoms with E-state index in [1.165, 1.54) is 4.90 Å². The molecule has 7 rings (SSSR count). The van der Waals surface area contributed by atoms with Crippen LogP contribution in [0.5, 0.6) is 0 Å². The van der Waals surface area contributed by atoms with Gasteiger partial charge in [-0.3, -0.25) is 19.2 Å². The van der Waals surface area contributed by atoms with Gasteiger partial charge < -0.3 is 29.7 Å². The van der Waals surface area contributed by atoms with Crippen molar-refractivity contribution in [3.63, 3.8) is 0 Å². The number of allylic oxidation sites excluding steroid dienone is 1. The molecule has 49 heavy (non-hydrogen) atoms. The van der Waals surface area contributed by atoms with Gasteiger partial charge in [0.05, 0.1) is 25.1 Å². The molecule has 0 saturated carbocycles. The highest BCUT2D eigenvalue weighted by Gasteiger charge is 2.75. The molecule has 0 aromatic heterocycles. The Morgan fingerprint density at radius 2 is 1.73 bits per heavy atom. The first-order valence-corrected chi connectivity index (χ1v) is 17.5. The number of rotatable bonds is 5. The van der Waals surface area contributed by atoms with Crippen LogP contribution in [0, 0.1) is 11.8 Å². The van der Waals surface area contributed by atoms with E-state index in [0.29, 0.717) is 16.6 Å². The smallest absolute Gasteiger partial charge is 0.313 e. The maximum atomic E-state index is 15.3. The van der Waals surface area contributed by atoms with Gasteiger partial charge in [0.15, 0.2) is 0 Å². The number of carbonyl (C=O) groups is 4. The van der Waals surface area contributed by atoms with E-state index < -0.39 is 66.1 Å². The minimum Gasteiger partial charge on any atom is -0.460 e. The summed E-state index contributed by atoms with van der Waals surface area (Å²) < 4.78 is 13.0. The van der Waals surface area contributed by atoms with E-state index in [-0.39, 0.29) is 31.8 Å². The molecule has 10 nitrogen and oxygen atoms in total. The van der Waals surface area contributed by atoms with Crippen molar-refractivity contribution in [1.82, 2.24) is 10.2 Å². The molecule has 2 N–H and O–H groups in total. The van der Waals surface area contributed by atoms with Crippen molar-refractivity contribution < 1.29 is 33.8 Å². The second kappa shape index (κ2) is 13.5. The maximum absolute atomic E-state index is 15.3. The predicted octanol–water partition coefficient (Wildman–Crippen LogP) is 4.05. The summed E-state index contributed by atoms with van der Waals surface area (Å²) in [6, 6.07) is 21.1. The summed E-state index contributed by atoms with van der Waals surface area (Å²) in [5.74, 6) is -3.83. The molecule has 3 aromatic carbocycles. The van der Waals surface area contributed by atoms with Gasteiger partial charge in [0.25, 0.3) is 5.91 Å². The number of anilines is 1. The van der Waals surface area contributed by atoms with E-state index in [0.717, 1.165) is 16.3 Å². The van der Waals surface area contributed by atoms with Crippen LogP contribution < -0.4 is 10.2 Å². The summed E-state index contributed by atoms with van der Waals surface area (Å²) in [7, 11) is 0. The Labute approximate surface area is 292 Å². The molecule has 2 fully saturated rings. The number of hydrogen-bond donors (Lipinski definition) is 2. The van der Waals surface area contributed by atoms with Crippen LogP contribution in [-0.2, 0) is 35.1 Å². The lowest BCUT2D eigenvalue weighted by Gasteiger charge is -2.39. The van der Waals surface area contributed by atoms with Crippen LogP contribution in [0.15, 0.2) is 95.5 Å². The van der Waals surface area contributed by atoms with Crippen LogP contribution in [0.25, 0.3) is 10.8 Å². The number of halogens is 1. The lowest BCUT2D eigenvalue weighted by atomic mass is 9.74. The highest BCUT2D eigenvalue weighted by atomic mass is 79.9. The number of aliphatic hydroxyl groups is 1. The fourth-order valence-corrected chi connectivity index (χ4v) is 8.46. The molecular weight excluding hydrogens is 690 g/mol. The first-order valence-electron chi connectivity index (χ1n) is 16.7. The maximum Gasteiger partial charge on any atom is 0.313 e. The number of amides is 3. The number of aliphatic hydroxyl groups excluding tert-OH is 1. The molecule has 5 bridgehead atoms. The van der Waals surface area contributed by atoms with E-state index >= 15 is 4.79 Å². The fourth-order valence-electron chi connectivity index (χ4n) is 7.73. The van der Waals surface area contributed by atoms with Gasteiger partial charge in [-0.2, -0.15) is 0 Å². The second-order valence-corrected chi connectivity index (χ2v) is 14.1. The monoisotopic (exact) mass is 727 g/mol. The fraction of sp³-hybridized carbons (Fsp3) is 0.368. The summed E-state index contributed by atoms with van der Waals surface area (Å²) in [6.45, 7) is 1.53. The van der Waals surface area contributed by atoms with E-state index in [1.807, 2.05) is 84.9 Å². The zero-order valence-corrected chi connectivity index (χ0v) is 28.6. The van der Waals surface area contributed by atoms with Crippen molar-refractivity contribution in [3.8, 4) is 0 Å². The van der Waals surface area contributed by atoms with Crippen LogP contribution in [0.1, 0.15) is 25.3 Å². The number of esters is 1. The van der Waals surface area contributed by atoms with Gasteiger partial charge in [-0.1, -0.05) is 88.7 Å². The van der Waals surface area contributed by atoms with Crippen molar-refractivity contribution in [3.05, 3.63) is 101 Å². The van der Waals surface area contributed by atoms with Crippen LogP contribution in [0.2, 0.25) is 0 Å². The van der Waals surface area contributed by atoms with Gasteiger partial charge in [0.2, 0.25) is 11.8 Å². The quantitative estimate of drug-likeness (QED) is 0.300. The van der Waals surface area contributed by atoms with E-state index in [2.05, 4.69) is 21.2 Å². The van der Waals surface area contributed by atoms with Crippen molar-refractivity contribution in [2.24, 2.45) is 11.8 Å². The van der Waals surface area contributed by atoms with Gasteiger partial charge in [-0.25, -0.2) is 0 Å². The van der Waals surface area contributed by atoms with Crippen molar-refractivity contribution >= 4 is 56.1 Å². The molecule has 254 valence electrons. The van der Waals surface area contributed by atoms with Crippen LogP contribution in [0.3, 0.4) is 0 Å². The number of likely N-dealkylation sites (tertiary alicyclic amines) is 1. The number of fused-ring (bicyclic) bond motifs is 3. The van der Waals surface area contributed by atoms with Crippen molar-refractivity contribution in [2.45, 2.75) is 56.1 Å². The summed E-state index contributed by atoms with van der Waals surface area (Å²) in [6.07, 6.45) is 4.90. The van der Waals surface area contributed by atoms with Crippen LogP contribution >= 0.6 is 15.9 Å². The summed E-state index contributed by atoms with van der Waals surface area (Å²) in [4.78, 5) is 59.6. The number of carbonyl (C=O) groups excluding carboxylic acids is 4. The zero-order chi connectivity index (χ0) is 34.3. The van der Waals surface area contributed by atoms with Crippen molar-refractivity contribution in [2.75, 3.05) is 24.6 Å². The van der Waals surface area contributed by atoms with E-state index in [9.17, 15) is 19.5 Å². The molecule has 3 amide bonds. The van der Waals surface area contributed by atoms with Crippen LogP contribution in [-0.4, -0.2) is 83.3 Å². The molecule has 4 aliphatic heterocycles. The Bertz CT molecular complexity index is 1850. The number of nitrogens with zero attached hydrogens (tertiary/aromatic N) is 2. The Hall–Kier alpha value is -4.32. The molecule has 7 atom stereocenters. The second-order valence-electron chi connectivity index (χ2n) is 13.1. The third-order valence-corrected chi connectivity index (χ3v) is 10.7. The molecule has 4 heterocycles. The SMILES string of the molecule is C[C@H]1CNC(=O)CC/C=C\CN(c2ccc3ccccc3c2)C(=O)[C@H]2N([C@@H](CO)Cc3ccccc3)C(=O)[C@@H]3[C@@H](C(=O)O1)[C@@H]1O[C@@]32C=C1Br. The molecule has 3 aromatic rings. The third-order valence-electron chi connectivity index (χ3n) is 10.00. The Kier molecular flexibility index (Phi) is 9.17. The number of nitrogens with one attached hydrogen (secondary N) is 1. The summed E-state index contributed by atoms with van der Waals surface area (Å²) >= 11 is 3.59. The molecule has 0 radical (unpaired) electrons. The van der Waals surface area contributed by atoms with Gasteiger partial charge in [-0.15, -0.1) is 0 Å². The number of ether oxygens (including phenoxy) is 2. The van der Waals surface area contributed by atoms with E-state index in [4.69, 9.17) is 9.47 Å². The topological polar surface area (TPSA) is 125 Å². The average molecular weight is 729 g/mol. The van der Waals surface area contributed by atoms with Gasteiger partial charge in [0.1, 0.15) is 29.8 Å². The minimum atomic E-state index is -1.50. The first kappa shape index (κ1) is 33.2. The Morgan fingerprint density at radius 3 is 2.51 bits per heavy atom. The molecule has 0 unspecified atom stereocenters. The molecule has 11 heteroatoms. The molecular formula is C38H38BrN3O7. The zero-order valence-electron chi connectivity index (χ0n) is 27.0. The minimum absolute atomic E-state index is 0.111. The standard InChI is InChI=1S/C38H38BrN3O7/c1-23-21-40-30(44)14-6-3-9-17-41(27-16-15-25-12-7-8-13-26(25)19-27)36(46)34-38-20-29(39)33(49-38)31(37(47)48-23)32(38)35(45)42(34)28(22-43)18-24-10-4-2-5-11-24/h2-5,7-13,15-16,19-20,23,28,31-34,43H,6,14,17-18,21-22H2,1H3,(H,40,44)/b9-3-/t23-,28+,31+,32-,33+,34+,38-/m0/s1. The molecule has 2 saturated heterocycles. The highest BCUT2D eigenvalue weighted by molar-refractivity contribution is 9.11. The number of cyclic esters (lactones) is 1. The van der Waals surface area contributed by atoms with Crippen LogP contribution in [0.4, 0.5) is 5.69 Å². The first-order chi connectivity index (χ1) is 23.7. The third kappa shape index (κ3) is 5.98. The molecule has 0 aliphatic carbocycles. The number of hydrogen-bond acceptors (Lipinski definition) is 7. The van der Waals surface area contributed by atoms with Crippen molar-refractivity contribution in [1.29, 1.82) is 0 Å². The number of benzene rings is 3. The lowest BCUT2D eigenvalue weighted by molar-refractivity contribution is -0.159. The molecule has 1 spiro atoms. The summed E-state index contributed by atoms with van der Waals surface area (Å²) in [5, 5.41) is 15.6. The average Bonchev–Trinajstić information content (AvgIpc) is 3.70. The largest absolute Gasteiger partial charge is 0.460 e. The van der Waals surface area contributed by atoms with Gasteiger partial charge >= 0.3 is 5.97 Å². The normalized spacial score (nSPS) is 30.2. The molecule has 4 aliphatic rings. The lowest BCUT2D eigenvalue weighted by Crippen LogP contribution is -2.59. The van der Waals surface area contributed by atoms with E-state index in [1.54, 1.807) is 17.9 Å². The van der Waals surface area contributed by atoms with Gasteiger partial charge in [-0.05, 0) is 54.3 Å². The Balaban J connectivity index is 1.37. The highest BCUT2D eigenvalue weighted by Crippen LogP contribution is 2.59. The van der Waals surface area contributed by atoms with Gasteiger partial charge in [0, 0.05) is 23.1 Å². The Morgan fingerprint density at radius 1 is 0.980 bits per heavy atom. The predicted molar refractivity (Wildman–Crippen MR) is 186 cm³/mol. The summed E-state index contributed by atoms with van der Waals surface area (Å²) in [5.41, 5.74) is -0.0109.